The second-order valence-corrected chi connectivity index (χ2v) is 8.08. The molecule has 28 heavy (non-hydrogen) atoms. The highest BCUT2D eigenvalue weighted by molar-refractivity contribution is 5.92. The van der Waals surface area contributed by atoms with Crippen LogP contribution in [0.15, 0.2) is 30.3 Å². The van der Waals surface area contributed by atoms with Crippen LogP contribution in [0.5, 0.6) is 0 Å². The third-order valence-electron chi connectivity index (χ3n) is 5.72. The fourth-order valence-corrected chi connectivity index (χ4v) is 3.83. The number of nitrogens with zero attached hydrogens (tertiary/aromatic N) is 3. The van der Waals surface area contributed by atoms with Crippen LogP contribution in [-0.2, 0) is 4.79 Å². The largest absolute Gasteiger partial charge is 0.325 e. The van der Waals surface area contributed by atoms with E-state index in [9.17, 15) is 4.79 Å². The smallest absolute Gasteiger partial charge is 0.238 e. The van der Waals surface area contributed by atoms with Crippen molar-refractivity contribution >= 4 is 24.0 Å². The average Bonchev–Trinajstić information content (AvgIpc) is 3.62. The van der Waals surface area contributed by atoms with Crippen LogP contribution >= 0.6 is 12.4 Å². The predicted octanol–water partition coefficient (Wildman–Crippen LogP) is 2.89. The summed E-state index contributed by atoms with van der Waals surface area (Å²) < 4.78 is 2.12. The van der Waals surface area contributed by atoms with Crippen molar-refractivity contribution in [1.82, 2.24) is 20.0 Å². The van der Waals surface area contributed by atoms with E-state index in [1.165, 1.54) is 37.1 Å². The third kappa shape index (κ3) is 4.40. The summed E-state index contributed by atoms with van der Waals surface area (Å²) in [6.07, 6.45) is 5.10. The fourth-order valence-electron chi connectivity index (χ4n) is 3.83. The second kappa shape index (κ2) is 8.23. The number of nitrogens with one attached hydrogen (secondary N) is 2. The standard InChI is InChI=1S/C21H27N5O.ClH/c27-21(14-25-11-9-22-10-12-25)23-17-5-7-18(8-6-17)26-20(16-3-4-16)13-19(24-26)15-1-2-15;/h5-8,13,15-16,22H,1-4,9-12,14H2,(H,23,27);1H. The molecule has 150 valence electrons. The van der Waals surface area contributed by atoms with E-state index in [1.807, 2.05) is 12.1 Å². The molecule has 1 aliphatic heterocycles. The van der Waals surface area contributed by atoms with Gasteiger partial charge in [0.05, 0.1) is 17.9 Å². The van der Waals surface area contributed by atoms with E-state index < -0.39 is 0 Å². The number of piperazine rings is 1. The summed E-state index contributed by atoms with van der Waals surface area (Å²) in [5.41, 5.74) is 4.54. The minimum atomic E-state index is 0. The Morgan fingerprint density at radius 1 is 1.07 bits per heavy atom. The van der Waals surface area contributed by atoms with Crippen LogP contribution in [0.4, 0.5) is 5.69 Å². The summed E-state index contributed by atoms with van der Waals surface area (Å²) in [6.45, 7) is 4.23. The number of carbonyl (C=O) groups is 1. The molecular weight excluding hydrogens is 374 g/mol. The molecule has 0 spiro atoms. The monoisotopic (exact) mass is 401 g/mol. The molecule has 2 saturated carbocycles. The Hall–Kier alpha value is -1.89. The van der Waals surface area contributed by atoms with Gasteiger partial charge in [0, 0.05) is 49.4 Å². The van der Waals surface area contributed by atoms with Crippen molar-refractivity contribution < 1.29 is 4.79 Å². The number of anilines is 1. The van der Waals surface area contributed by atoms with Crippen LogP contribution in [0, 0.1) is 0 Å². The normalized spacial score (nSPS) is 19.9. The van der Waals surface area contributed by atoms with Gasteiger partial charge in [0.15, 0.2) is 0 Å². The number of hydrogen-bond acceptors (Lipinski definition) is 4. The summed E-state index contributed by atoms with van der Waals surface area (Å²) in [7, 11) is 0. The van der Waals surface area contributed by atoms with Gasteiger partial charge in [0.2, 0.25) is 5.91 Å². The molecule has 0 radical (unpaired) electrons. The third-order valence-corrected chi connectivity index (χ3v) is 5.72. The molecule has 2 aromatic rings. The summed E-state index contributed by atoms with van der Waals surface area (Å²) in [6, 6.07) is 10.4. The van der Waals surface area contributed by atoms with Gasteiger partial charge in [-0.25, -0.2) is 4.68 Å². The molecule has 2 heterocycles. The first-order valence-corrected chi connectivity index (χ1v) is 10.2. The number of halogens is 1. The molecule has 0 bridgehead atoms. The van der Waals surface area contributed by atoms with Crippen molar-refractivity contribution in [3.8, 4) is 5.69 Å². The summed E-state index contributed by atoms with van der Waals surface area (Å²) >= 11 is 0. The summed E-state index contributed by atoms with van der Waals surface area (Å²) in [5, 5.41) is 11.2. The highest BCUT2D eigenvalue weighted by atomic mass is 35.5. The van der Waals surface area contributed by atoms with Crippen molar-refractivity contribution in [3.05, 3.63) is 41.7 Å². The molecule has 5 rings (SSSR count). The number of rotatable bonds is 6. The first-order chi connectivity index (χ1) is 13.3. The lowest BCUT2D eigenvalue weighted by Gasteiger charge is -2.26. The number of benzene rings is 1. The van der Waals surface area contributed by atoms with E-state index in [-0.39, 0.29) is 18.3 Å². The number of aromatic nitrogens is 2. The molecule has 0 atom stereocenters. The van der Waals surface area contributed by atoms with Crippen LogP contribution in [0.3, 0.4) is 0 Å². The molecular formula is C21H28ClN5O. The second-order valence-electron chi connectivity index (χ2n) is 8.08. The van der Waals surface area contributed by atoms with Crippen LogP contribution < -0.4 is 10.6 Å². The fraction of sp³-hybridized carbons (Fsp3) is 0.524. The Kier molecular flexibility index (Phi) is 5.71. The topological polar surface area (TPSA) is 62.2 Å². The summed E-state index contributed by atoms with van der Waals surface area (Å²) in [5.74, 6) is 1.40. The Morgan fingerprint density at radius 2 is 1.75 bits per heavy atom. The van der Waals surface area contributed by atoms with Crippen molar-refractivity contribution in [2.24, 2.45) is 0 Å². The van der Waals surface area contributed by atoms with E-state index in [4.69, 9.17) is 5.10 Å². The van der Waals surface area contributed by atoms with Gasteiger partial charge in [0.1, 0.15) is 0 Å². The molecule has 7 heteroatoms. The van der Waals surface area contributed by atoms with Gasteiger partial charge in [-0.1, -0.05) is 0 Å². The number of amides is 1. The molecule has 1 aromatic heterocycles. The van der Waals surface area contributed by atoms with Gasteiger partial charge in [-0.05, 0) is 56.0 Å². The summed E-state index contributed by atoms with van der Waals surface area (Å²) in [4.78, 5) is 14.5. The Morgan fingerprint density at radius 3 is 2.39 bits per heavy atom. The highest BCUT2D eigenvalue weighted by Gasteiger charge is 2.32. The molecule has 2 N–H and O–H groups in total. The molecule has 1 aromatic carbocycles. The average molecular weight is 402 g/mol. The SMILES string of the molecule is Cl.O=C(CN1CCNCC1)Nc1ccc(-n2nc(C3CC3)cc2C2CC2)cc1. The van der Waals surface area contributed by atoms with Gasteiger partial charge in [0.25, 0.3) is 0 Å². The molecule has 3 aliphatic rings. The lowest BCUT2D eigenvalue weighted by atomic mass is 10.2. The lowest BCUT2D eigenvalue weighted by Crippen LogP contribution is -2.46. The Bertz CT molecular complexity index is 820. The number of carbonyl (C=O) groups excluding carboxylic acids is 1. The van der Waals surface area contributed by atoms with Gasteiger partial charge in [-0.3, -0.25) is 9.69 Å². The van der Waals surface area contributed by atoms with E-state index in [0.29, 0.717) is 18.4 Å². The quantitative estimate of drug-likeness (QED) is 0.781. The van der Waals surface area contributed by atoms with Crippen LogP contribution in [0.2, 0.25) is 0 Å². The number of hydrogen-bond donors (Lipinski definition) is 2. The van der Waals surface area contributed by atoms with Crippen molar-refractivity contribution in [3.63, 3.8) is 0 Å². The van der Waals surface area contributed by atoms with E-state index in [1.54, 1.807) is 0 Å². The van der Waals surface area contributed by atoms with E-state index in [2.05, 4.69) is 38.4 Å². The minimum absolute atomic E-state index is 0. The minimum Gasteiger partial charge on any atom is -0.325 e. The zero-order valence-corrected chi connectivity index (χ0v) is 16.9. The van der Waals surface area contributed by atoms with Crippen molar-refractivity contribution in [2.45, 2.75) is 37.5 Å². The maximum absolute atomic E-state index is 12.3. The molecule has 2 aliphatic carbocycles. The Balaban J connectivity index is 0.00000192. The van der Waals surface area contributed by atoms with Crippen molar-refractivity contribution in [2.75, 3.05) is 38.0 Å². The van der Waals surface area contributed by atoms with Crippen LogP contribution in [-0.4, -0.2) is 53.3 Å². The molecule has 1 saturated heterocycles. The zero-order chi connectivity index (χ0) is 18.2. The molecule has 0 unspecified atom stereocenters. The molecule has 3 fully saturated rings. The van der Waals surface area contributed by atoms with E-state index >= 15 is 0 Å². The molecule has 6 nitrogen and oxygen atoms in total. The predicted molar refractivity (Wildman–Crippen MR) is 113 cm³/mol. The Labute approximate surface area is 172 Å². The lowest BCUT2D eigenvalue weighted by molar-refractivity contribution is -0.117. The van der Waals surface area contributed by atoms with Gasteiger partial charge < -0.3 is 10.6 Å². The van der Waals surface area contributed by atoms with E-state index in [0.717, 1.165) is 37.6 Å². The first kappa shape index (κ1) is 19.4. The highest BCUT2D eigenvalue weighted by Crippen LogP contribution is 2.45. The maximum atomic E-state index is 12.3. The van der Waals surface area contributed by atoms with Gasteiger partial charge in [-0.2, -0.15) is 5.10 Å². The van der Waals surface area contributed by atoms with Crippen LogP contribution in [0.25, 0.3) is 5.69 Å². The maximum Gasteiger partial charge on any atom is 0.238 e. The molecule has 1 amide bonds. The zero-order valence-electron chi connectivity index (χ0n) is 16.1. The first-order valence-electron chi connectivity index (χ1n) is 10.2. The van der Waals surface area contributed by atoms with Crippen molar-refractivity contribution in [1.29, 1.82) is 0 Å². The van der Waals surface area contributed by atoms with Gasteiger partial charge in [-0.15, -0.1) is 12.4 Å². The van der Waals surface area contributed by atoms with Crippen LogP contribution in [0.1, 0.15) is 48.9 Å². The van der Waals surface area contributed by atoms with Gasteiger partial charge >= 0.3 is 0 Å².